The number of hydrogen-bond donors (Lipinski definition) is 0. The Morgan fingerprint density at radius 2 is 1.13 bits per heavy atom. The molecule has 0 fully saturated rings. The van der Waals surface area contributed by atoms with Crippen molar-refractivity contribution in [2.24, 2.45) is 5.92 Å². The largest absolute Gasteiger partial charge is 1.00 e. The van der Waals surface area contributed by atoms with Gasteiger partial charge in [-0.25, -0.2) is 8.42 Å². The fourth-order valence-electron chi connectivity index (χ4n) is 3.81. The molecule has 0 spiro atoms. The number of unbranched alkanes of at least 4 members (excludes halogenated alkanes) is 16. The van der Waals surface area contributed by atoms with Crippen LogP contribution in [0.15, 0.2) is 12.2 Å². The molecule has 0 radical (unpaired) electrons. The fraction of sp³-hybridized carbons (Fsp3) is 0.920. The summed E-state index contributed by atoms with van der Waals surface area (Å²) in [5.41, 5.74) is 0. The second-order valence-corrected chi connectivity index (χ2v) is 9.81. The Hall–Kier alpha value is 0.610. The molecule has 6 heteroatoms. The third kappa shape index (κ3) is 28.6. The van der Waals surface area contributed by atoms with Crippen molar-refractivity contribution in [2.75, 3.05) is 6.61 Å². The Balaban J connectivity index is 0. The number of hydrogen-bond acceptors (Lipinski definition) is 4. The molecule has 0 N–H and O–H groups in total. The van der Waals surface area contributed by atoms with Gasteiger partial charge in [0, 0.05) is 5.92 Å². The summed E-state index contributed by atoms with van der Waals surface area (Å²) >= 11 is 0. The van der Waals surface area contributed by atoms with Crippen LogP contribution in [0, 0.1) is 5.92 Å². The Labute approximate surface area is 216 Å². The van der Waals surface area contributed by atoms with Crippen molar-refractivity contribution in [3.05, 3.63) is 12.2 Å². The van der Waals surface area contributed by atoms with Gasteiger partial charge in [0.05, 0.1) is 6.61 Å². The normalized spacial score (nSPS) is 12.9. The minimum atomic E-state index is -4.60. The first kappa shape index (κ1) is 33.8. The van der Waals surface area contributed by atoms with Crippen LogP contribution >= 0.6 is 0 Å². The van der Waals surface area contributed by atoms with Crippen LogP contribution in [0.4, 0.5) is 0 Å². The maximum absolute atomic E-state index is 10.7. The van der Waals surface area contributed by atoms with Crippen molar-refractivity contribution in [3.8, 4) is 0 Å². The third-order valence-corrected chi connectivity index (χ3v) is 6.16. The average molecular weight is 469 g/mol. The summed E-state index contributed by atoms with van der Waals surface area (Å²) in [7, 11) is -4.60. The van der Waals surface area contributed by atoms with Crippen LogP contribution in [0.2, 0.25) is 0 Å². The van der Waals surface area contributed by atoms with Gasteiger partial charge < -0.3 is 4.55 Å². The maximum Gasteiger partial charge on any atom is 1.00 e. The molecule has 0 amide bonds. The van der Waals surface area contributed by atoms with Crippen LogP contribution < -0.4 is 29.6 Å². The van der Waals surface area contributed by atoms with Crippen LogP contribution in [-0.4, -0.2) is 19.6 Å². The van der Waals surface area contributed by atoms with Crippen LogP contribution in [-0.2, 0) is 14.6 Å². The van der Waals surface area contributed by atoms with E-state index in [9.17, 15) is 13.0 Å². The van der Waals surface area contributed by atoms with Crippen molar-refractivity contribution in [1.29, 1.82) is 0 Å². The summed E-state index contributed by atoms with van der Waals surface area (Å²) in [5.74, 6) is 0.0209. The first-order valence-corrected chi connectivity index (χ1v) is 14.1. The van der Waals surface area contributed by atoms with Crippen LogP contribution in [0.25, 0.3) is 0 Å². The summed E-state index contributed by atoms with van der Waals surface area (Å²) in [6.45, 7) is 4.41. The van der Waals surface area contributed by atoms with Crippen molar-refractivity contribution in [2.45, 2.75) is 136 Å². The van der Waals surface area contributed by atoms with Crippen molar-refractivity contribution < 1.29 is 46.7 Å². The molecule has 0 aromatic heterocycles. The molecule has 1 atom stereocenters. The molecule has 0 aromatic carbocycles. The smallest absolute Gasteiger partial charge is 0.726 e. The van der Waals surface area contributed by atoms with Gasteiger partial charge in [-0.3, -0.25) is 4.18 Å². The molecule has 0 aliphatic heterocycles. The van der Waals surface area contributed by atoms with Gasteiger partial charge in [0.1, 0.15) is 0 Å². The Kier molecular flexibility index (Phi) is 27.5. The molecule has 0 bridgehead atoms. The second-order valence-electron chi connectivity index (χ2n) is 8.76. The van der Waals surface area contributed by atoms with Gasteiger partial charge in [0.2, 0.25) is 10.4 Å². The van der Waals surface area contributed by atoms with E-state index in [0.717, 1.165) is 25.7 Å². The number of allylic oxidation sites excluding steroid dienone is 1. The van der Waals surface area contributed by atoms with Crippen molar-refractivity contribution in [1.82, 2.24) is 0 Å². The molecule has 0 aliphatic carbocycles. The van der Waals surface area contributed by atoms with E-state index in [1.807, 2.05) is 0 Å². The molecular formula is C25H49NaO4S. The summed E-state index contributed by atoms with van der Waals surface area (Å²) in [5, 5.41) is 0. The van der Waals surface area contributed by atoms with Crippen LogP contribution in [0.5, 0.6) is 0 Å². The van der Waals surface area contributed by atoms with E-state index in [-0.39, 0.29) is 42.1 Å². The molecule has 0 saturated carbocycles. The molecule has 0 heterocycles. The molecule has 4 nitrogen and oxygen atoms in total. The zero-order valence-corrected chi connectivity index (χ0v) is 23.7. The zero-order chi connectivity index (χ0) is 22.3. The molecule has 1 unspecified atom stereocenters. The summed E-state index contributed by atoms with van der Waals surface area (Å²) in [4.78, 5) is 0. The minimum absolute atomic E-state index is 0. The van der Waals surface area contributed by atoms with Gasteiger partial charge in [-0.05, 0) is 19.3 Å². The van der Waals surface area contributed by atoms with Gasteiger partial charge in [-0.15, -0.1) is 0 Å². The van der Waals surface area contributed by atoms with E-state index in [4.69, 9.17) is 0 Å². The quantitative estimate of drug-likeness (QED) is 0.0689. The Morgan fingerprint density at radius 3 is 1.58 bits per heavy atom. The van der Waals surface area contributed by atoms with Gasteiger partial charge in [0.15, 0.2) is 0 Å². The van der Waals surface area contributed by atoms with Gasteiger partial charge in [0.25, 0.3) is 0 Å². The summed E-state index contributed by atoms with van der Waals surface area (Å²) < 4.78 is 36.7. The standard InChI is InChI=1S/C25H50O4S.Na/c1-3-5-7-9-10-11-12-13-14-15-16-17-18-19-21-23-25(22-20-8-6-4-2)24-29-30(26,27)28;/h21,23,25H,3-20,22,24H2,1-2H3,(H,26,27,28);/q;+1/p-1/b23-21+;. The van der Waals surface area contributed by atoms with Crippen molar-refractivity contribution >= 4 is 10.4 Å². The summed E-state index contributed by atoms with van der Waals surface area (Å²) in [6, 6.07) is 0. The third-order valence-electron chi connectivity index (χ3n) is 5.74. The van der Waals surface area contributed by atoms with E-state index >= 15 is 0 Å². The van der Waals surface area contributed by atoms with Crippen LogP contribution in [0.1, 0.15) is 136 Å². The zero-order valence-electron chi connectivity index (χ0n) is 20.9. The SMILES string of the molecule is CCCCCCCCCCCCCCC/C=C/C(CCCCCC)COS(=O)(=O)[O-].[Na+]. The van der Waals surface area contributed by atoms with Gasteiger partial charge in [-0.2, -0.15) is 0 Å². The van der Waals surface area contributed by atoms with E-state index < -0.39 is 10.4 Å². The predicted octanol–water partition coefficient (Wildman–Crippen LogP) is 5.09. The molecular weight excluding hydrogens is 419 g/mol. The fourth-order valence-corrected chi connectivity index (χ4v) is 4.15. The molecule has 0 saturated heterocycles. The van der Waals surface area contributed by atoms with Gasteiger partial charge in [-0.1, -0.05) is 129 Å². The monoisotopic (exact) mass is 468 g/mol. The molecule has 0 aliphatic rings. The minimum Gasteiger partial charge on any atom is -0.726 e. The molecule has 31 heavy (non-hydrogen) atoms. The second kappa shape index (κ2) is 25.2. The van der Waals surface area contributed by atoms with Crippen molar-refractivity contribution in [3.63, 3.8) is 0 Å². The number of rotatable bonds is 23. The summed E-state index contributed by atoms with van der Waals surface area (Å²) in [6.07, 6.45) is 28.3. The van der Waals surface area contributed by atoms with E-state index in [0.29, 0.717) is 0 Å². The average Bonchev–Trinajstić information content (AvgIpc) is 2.70. The Morgan fingerprint density at radius 1 is 0.710 bits per heavy atom. The van der Waals surface area contributed by atoms with E-state index in [2.05, 4.69) is 30.2 Å². The molecule has 0 rings (SSSR count). The molecule has 180 valence electrons. The first-order valence-electron chi connectivity index (χ1n) is 12.8. The van der Waals surface area contributed by atoms with Gasteiger partial charge >= 0.3 is 29.6 Å². The van der Waals surface area contributed by atoms with Crippen LogP contribution in [0.3, 0.4) is 0 Å². The van der Waals surface area contributed by atoms with E-state index in [1.54, 1.807) is 0 Å². The predicted molar refractivity (Wildman–Crippen MR) is 127 cm³/mol. The Bertz CT molecular complexity index is 480. The topological polar surface area (TPSA) is 66.4 Å². The van der Waals surface area contributed by atoms with E-state index in [1.165, 1.54) is 96.3 Å². The first-order chi connectivity index (χ1) is 14.5. The maximum atomic E-state index is 10.7. The molecule has 0 aromatic rings.